The third-order valence-corrected chi connectivity index (χ3v) is 0.662. The average molecular weight is 100 g/mol. The summed E-state index contributed by atoms with van der Waals surface area (Å²) in [7, 11) is 0. The van der Waals surface area contributed by atoms with Crippen LogP contribution in [0, 0.1) is 0 Å². The topological polar surface area (TPSA) is 46.5 Å². The summed E-state index contributed by atoms with van der Waals surface area (Å²) < 4.78 is 4.14. The van der Waals surface area contributed by atoms with Crippen LogP contribution >= 0.6 is 0 Å². The molecule has 7 heavy (non-hydrogen) atoms. The second-order valence-corrected chi connectivity index (χ2v) is 1.22. The van der Waals surface area contributed by atoms with Crippen molar-refractivity contribution in [3.05, 3.63) is 12.0 Å². The minimum absolute atomic E-state index is 0.200. The molecule has 0 fully saturated rings. The minimum atomic E-state index is -0.391. The molecule has 0 aromatic rings. The van der Waals surface area contributed by atoms with E-state index in [9.17, 15) is 4.79 Å². The number of esters is 1. The van der Waals surface area contributed by atoms with Crippen LogP contribution in [0.25, 0.3) is 0 Å². The van der Waals surface area contributed by atoms with Crippen LogP contribution in [0.2, 0.25) is 0 Å². The molecule has 0 bridgehead atoms. The number of aliphatic hydroxyl groups excluding tert-OH is 1. The molecule has 0 radical (unpaired) electrons. The van der Waals surface area contributed by atoms with Crippen LogP contribution in [0.4, 0.5) is 0 Å². The van der Waals surface area contributed by atoms with E-state index in [2.05, 4.69) is 4.74 Å². The Hall–Kier alpha value is -0.990. The molecular weight excluding hydrogens is 96.0 g/mol. The van der Waals surface area contributed by atoms with Crippen LogP contribution in [0.1, 0.15) is 6.42 Å². The van der Waals surface area contributed by atoms with Gasteiger partial charge in [-0.2, -0.15) is 0 Å². The number of rotatable bonds is 0. The Bertz CT molecular complexity index is 125. The third-order valence-electron chi connectivity index (χ3n) is 0.662. The molecule has 1 rings (SSSR count). The first-order chi connectivity index (χ1) is 3.29. The summed E-state index contributed by atoms with van der Waals surface area (Å²) >= 11 is 0. The third kappa shape index (κ3) is 0.707. The van der Waals surface area contributed by atoms with Crippen LogP contribution in [-0.2, 0) is 9.53 Å². The molecule has 0 unspecified atom stereocenters. The van der Waals surface area contributed by atoms with Crippen molar-refractivity contribution in [1.82, 2.24) is 0 Å². The average Bonchev–Trinajstić information content (AvgIpc) is 1.87. The number of ether oxygens (including phenoxy) is 1. The fraction of sp³-hybridized carbons (Fsp3) is 0.250. The lowest BCUT2D eigenvalue weighted by Crippen LogP contribution is -1.91. The molecule has 38 valence electrons. The van der Waals surface area contributed by atoms with Gasteiger partial charge in [-0.3, -0.25) is 4.79 Å². The lowest BCUT2D eigenvalue weighted by molar-refractivity contribution is -0.139. The Balaban J connectivity index is 2.58. The molecule has 0 aromatic carbocycles. The second-order valence-electron chi connectivity index (χ2n) is 1.22. The van der Waals surface area contributed by atoms with Gasteiger partial charge in [-0.05, 0) is 0 Å². The van der Waals surface area contributed by atoms with Gasteiger partial charge in [0.2, 0.25) is 0 Å². The summed E-state index contributed by atoms with van der Waals surface area (Å²) in [4.78, 5) is 10.0. The number of aliphatic hydroxyl groups is 1. The Labute approximate surface area is 40.2 Å². The molecule has 1 heterocycles. The van der Waals surface area contributed by atoms with Gasteiger partial charge in [-0.1, -0.05) is 0 Å². The molecule has 0 amide bonds. The zero-order chi connectivity index (χ0) is 5.28. The second kappa shape index (κ2) is 1.26. The highest BCUT2D eigenvalue weighted by Crippen LogP contribution is 2.05. The molecular formula is C4H4O3. The van der Waals surface area contributed by atoms with Crippen molar-refractivity contribution in [3.8, 4) is 0 Å². The van der Waals surface area contributed by atoms with Crippen molar-refractivity contribution >= 4 is 5.97 Å². The highest BCUT2D eigenvalue weighted by atomic mass is 16.6. The minimum Gasteiger partial charge on any atom is -0.481 e. The quantitative estimate of drug-likeness (QED) is 0.446. The van der Waals surface area contributed by atoms with Crippen LogP contribution in [0.3, 0.4) is 0 Å². The summed E-state index contributed by atoms with van der Waals surface area (Å²) in [5, 5.41) is 8.32. The Morgan fingerprint density at radius 1 is 1.86 bits per heavy atom. The molecule has 0 aromatic heterocycles. The van der Waals surface area contributed by atoms with E-state index in [1.807, 2.05) is 0 Å². The van der Waals surface area contributed by atoms with Crippen molar-refractivity contribution in [2.75, 3.05) is 0 Å². The van der Waals surface area contributed by atoms with Crippen molar-refractivity contribution in [2.45, 2.75) is 6.42 Å². The van der Waals surface area contributed by atoms with Gasteiger partial charge in [0.15, 0.2) is 0 Å². The zero-order valence-electron chi connectivity index (χ0n) is 3.55. The van der Waals surface area contributed by atoms with Crippen molar-refractivity contribution < 1.29 is 14.6 Å². The summed E-state index contributed by atoms with van der Waals surface area (Å²) in [6.07, 6.45) is 1.52. The van der Waals surface area contributed by atoms with Gasteiger partial charge >= 0.3 is 5.97 Å². The van der Waals surface area contributed by atoms with Gasteiger partial charge in [-0.15, -0.1) is 0 Å². The molecule has 1 aliphatic heterocycles. The molecule has 0 saturated carbocycles. The number of carbonyl (C=O) groups is 1. The highest BCUT2D eigenvalue weighted by molar-refractivity contribution is 5.74. The summed E-state index contributed by atoms with van der Waals surface area (Å²) in [5.41, 5.74) is 0. The van der Waals surface area contributed by atoms with Gasteiger partial charge < -0.3 is 9.84 Å². The number of hydrogen-bond donors (Lipinski definition) is 1. The van der Waals surface area contributed by atoms with Gasteiger partial charge in [-0.25, -0.2) is 0 Å². The van der Waals surface area contributed by atoms with E-state index in [0.29, 0.717) is 0 Å². The predicted octanol–water partition coefficient (Wildman–Crippen LogP) is 0.333. The molecule has 1 aliphatic rings. The maximum absolute atomic E-state index is 10.0. The summed E-state index contributed by atoms with van der Waals surface area (Å²) in [6.45, 7) is 0. The highest BCUT2D eigenvalue weighted by Gasteiger charge is 2.11. The van der Waals surface area contributed by atoms with Gasteiger partial charge in [0.25, 0.3) is 5.95 Å². The van der Waals surface area contributed by atoms with Crippen LogP contribution in [0.15, 0.2) is 12.0 Å². The van der Waals surface area contributed by atoms with Crippen molar-refractivity contribution in [1.29, 1.82) is 0 Å². The fourth-order valence-electron chi connectivity index (χ4n) is 0.371. The molecule has 0 aliphatic carbocycles. The number of hydrogen-bond acceptors (Lipinski definition) is 3. The van der Waals surface area contributed by atoms with E-state index in [4.69, 9.17) is 5.11 Å². The Morgan fingerprint density at radius 2 is 2.57 bits per heavy atom. The molecule has 0 saturated heterocycles. The lowest BCUT2D eigenvalue weighted by Gasteiger charge is -1.86. The lowest BCUT2D eigenvalue weighted by atomic mass is 10.5. The predicted molar refractivity (Wildman–Crippen MR) is 21.4 cm³/mol. The summed E-state index contributed by atoms with van der Waals surface area (Å²) in [6, 6.07) is 0. The Morgan fingerprint density at radius 3 is 2.71 bits per heavy atom. The maximum atomic E-state index is 10.0. The van der Waals surface area contributed by atoms with Gasteiger partial charge in [0.05, 0.1) is 6.42 Å². The van der Waals surface area contributed by atoms with Gasteiger partial charge in [0, 0.05) is 6.08 Å². The van der Waals surface area contributed by atoms with Crippen molar-refractivity contribution in [2.24, 2.45) is 0 Å². The van der Waals surface area contributed by atoms with Crippen LogP contribution in [-0.4, -0.2) is 11.1 Å². The first kappa shape index (κ1) is 4.18. The van der Waals surface area contributed by atoms with Gasteiger partial charge in [0.1, 0.15) is 0 Å². The standard InChI is InChI=1S/C4H4O3/c5-3-1-2-4(6)7-3/h1,5H,2H2. The van der Waals surface area contributed by atoms with E-state index in [-0.39, 0.29) is 12.4 Å². The van der Waals surface area contributed by atoms with E-state index < -0.39 is 5.97 Å². The van der Waals surface area contributed by atoms with E-state index in [1.54, 1.807) is 0 Å². The smallest absolute Gasteiger partial charge is 0.317 e. The van der Waals surface area contributed by atoms with E-state index >= 15 is 0 Å². The fourth-order valence-corrected chi connectivity index (χ4v) is 0.371. The van der Waals surface area contributed by atoms with Crippen molar-refractivity contribution in [3.63, 3.8) is 0 Å². The van der Waals surface area contributed by atoms with Crippen LogP contribution < -0.4 is 0 Å². The first-order valence-electron chi connectivity index (χ1n) is 1.89. The largest absolute Gasteiger partial charge is 0.481 e. The summed E-state index contributed by atoms with van der Waals surface area (Å²) in [5.74, 6) is -0.664. The van der Waals surface area contributed by atoms with E-state index in [1.165, 1.54) is 6.08 Å². The number of carbonyl (C=O) groups excluding carboxylic acids is 1. The normalized spacial score (nSPS) is 18.9. The zero-order valence-corrected chi connectivity index (χ0v) is 3.55. The molecule has 3 nitrogen and oxygen atoms in total. The number of cyclic esters (lactones) is 1. The Kier molecular flexibility index (Phi) is 0.749. The molecule has 0 atom stereocenters. The maximum Gasteiger partial charge on any atom is 0.317 e. The molecule has 3 heteroatoms. The monoisotopic (exact) mass is 100 g/mol. The first-order valence-corrected chi connectivity index (χ1v) is 1.89. The molecule has 0 spiro atoms. The van der Waals surface area contributed by atoms with Crippen LogP contribution in [0.5, 0.6) is 0 Å². The SMILES string of the molecule is O=C1CC=C(O)O1. The molecule has 1 N–H and O–H groups in total. The van der Waals surface area contributed by atoms with E-state index in [0.717, 1.165) is 0 Å².